The van der Waals surface area contributed by atoms with Gasteiger partial charge in [-0.05, 0) is 29.8 Å². The van der Waals surface area contributed by atoms with Crippen molar-refractivity contribution < 1.29 is 0 Å². The first-order valence-corrected chi connectivity index (χ1v) is 7.25. The highest BCUT2D eigenvalue weighted by Gasteiger charge is 2.08. The van der Waals surface area contributed by atoms with Gasteiger partial charge in [0.25, 0.3) is 0 Å². The number of rotatable bonds is 3. The summed E-state index contributed by atoms with van der Waals surface area (Å²) in [5, 5.41) is 18.4. The molecule has 3 aromatic rings. The van der Waals surface area contributed by atoms with Gasteiger partial charge in [0.2, 0.25) is 0 Å². The zero-order chi connectivity index (χ0) is 13.9. The first kappa shape index (κ1) is 13.0. The number of nitrogens with zero attached hydrogens (tertiary/aromatic N) is 4. The van der Waals surface area contributed by atoms with Crippen LogP contribution in [-0.4, -0.2) is 14.6 Å². The Morgan fingerprint density at radius 2 is 2.00 bits per heavy atom. The fourth-order valence-electron chi connectivity index (χ4n) is 1.78. The topological polar surface area (TPSA) is 54.0 Å². The lowest BCUT2D eigenvalue weighted by Crippen LogP contribution is -1.88. The maximum Gasteiger partial charge on any atom is 0.195 e. The van der Waals surface area contributed by atoms with Gasteiger partial charge in [-0.25, -0.2) is 0 Å². The molecule has 0 saturated heterocycles. The summed E-state index contributed by atoms with van der Waals surface area (Å²) >= 11 is 7.64. The Morgan fingerprint density at radius 1 is 1.20 bits per heavy atom. The lowest BCUT2D eigenvalue weighted by Gasteiger charge is -2.01. The monoisotopic (exact) mass is 300 g/mol. The van der Waals surface area contributed by atoms with E-state index >= 15 is 0 Å². The van der Waals surface area contributed by atoms with E-state index in [9.17, 15) is 0 Å². The van der Waals surface area contributed by atoms with Gasteiger partial charge in [-0.15, -0.1) is 10.2 Å². The second-order valence-electron chi connectivity index (χ2n) is 4.13. The molecule has 0 atom stereocenters. The van der Waals surface area contributed by atoms with Crippen molar-refractivity contribution in [3.05, 3.63) is 58.7 Å². The molecule has 2 heterocycles. The van der Waals surface area contributed by atoms with E-state index in [2.05, 4.69) is 16.3 Å². The minimum absolute atomic E-state index is 0.588. The minimum Gasteiger partial charge on any atom is -0.276 e. The van der Waals surface area contributed by atoms with Crippen molar-refractivity contribution in [3.63, 3.8) is 0 Å². The molecule has 0 aliphatic carbocycles. The molecule has 0 bridgehead atoms. The predicted molar refractivity (Wildman–Crippen MR) is 78.7 cm³/mol. The number of nitriles is 1. The van der Waals surface area contributed by atoms with E-state index in [1.54, 1.807) is 17.8 Å². The number of thioether (sulfide) groups is 1. The molecule has 0 N–H and O–H groups in total. The Kier molecular flexibility index (Phi) is 3.59. The largest absolute Gasteiger partial charge is 0.276 e. The van der Waals surface area contributed by atoms with Crippen molar-refractivity contribution in [1.82, 2.24) is 14.6 Å². The quantitative estimate of drug-likeness (QED) is 0.694. The van der Waals surface area contributed by atoms with Crippen LogP contribution in [0, 0.1) is 11.3 Å². The average molecular weight is 301 g/mol. The Hall–Kier alpha value is -2.03. The van der Waals surface area contributed by atoms with Crippen LogP contribution in [-0.2, 0) is 5.75 Å². The van der Waals surface area contributed by atoms with Gasteiger partial charge in [-0.3, -0.25) is 4.40 Å². The first-order chi connectivity index (χ1) is 9.78. The van der Waals surface area contributed by atoms with Crippen molar-refractivity contribution in [2.24, 2.45) is 0 Å². The lowest BCUT2D eigenvalue weighted by molar-refractivity contribution is 0.921. The van der Waals surface area contributed by atoms with E-state index in [0.717, 1.165) is 16.5 Å². The summed E-state index contributed by atoms with van der Waals surface area (Å²) in [7, 11) is 0. The maximum atomic E-state index is 8.76. The number of hydrogen-bond acceptors (Lipinski definition) is 4. The number of pyridine rings is 1. The molecule has 2 aromatic heterocycles. The molecule has 0 saturated carbocycles. The normalized spacial score (nSPS) is 10.6. The summed E-state index contributed by atoms with van der Waals surface area (Å²) in [6.45, 7) is 0. The molecule has 20 heavy (non-hydrogen) atoms. The van der Waals surface area contributed by atoms with Crippen LogP contribution in [0.4, 0.5) is 0 Å². The fourth-order valence-corrected chi connectivity index (χ4v) is 2.86. The average Bonchev–Trinajstić information content (AvgIpc) is 2.90. The summed E-state index contributed by atoms with van der Waals surface area (Å²) < 4.78 is 1.87. The fraction of sp³-hybridized carbons (Fsp3) is 0.0714. The molecule has 3 rings (SSSR count). The van der Waals surface area contributed by atoms with E-state index in [0.29, 0.717) is 16.2 Å². The zero-order valence-electron chi connectivity index (χ0n) is 10.3. The zero-order valence-corrected chi connectivity index (χ0v) is 11.9. The van der Waals surface area contributed by atoms with Crippen LogP contribution in [0.25, 0.3) is 5.65 Å². The van der Waals surface area contributed by atoms with Crippen LogP contribution in [0.1, 0.15) is 11.1 Å². The molecule has 0 aliphatic heterocycles. The molecule has 0 spiro atoms. The van der Waals surface area contributed by atoms with Gasteiger partial charge in [-0.2, -0.15) is 5.26 Å². The number of hydrogen-bond donors (Lipinski definition) is 0. The molecule has 0 fully saturated rings. The Morgan fingerprint density at radius 3 is 2.75 bits per heavy atom. The standard InChI is InChI=1S/C14H9ClN4S/c15-12-2-1-7-19-13(12)17-18-14(19)20-9-11-5-3-10(8-16)4-6-11/h1-7H,9H2. The summed E-state index contributed by atoms with van der Waals surface area (Å²) in [6.07, 6.45) is 1.89. The van der Waals surface area contributed by atoms with Gasteiger partial charge in [0.05, 0.1) is 16.7 Å². The molecule has 4 nitrogen and oxygen atoms in total. The van der Waals surface area contributed by atoms with Gasteiger partial charge in [-0.1, -0.05) is 35.5 Å². The van der Waals surface area contributed by atoms with Crippen LogP contribution in [0.3, 0.4) is 0 Å². The molecule has 98 valence electrons. The van der Waals surface area contributed by atoms with Crippen LogP contribution in [0.2, 0.25) is 5.02 Å². The van der Waals surface area contributed by atoms with Crippen LogP contribution < -0.4 is 0 Å². The van der Waals surface area contributed by atoms with Crippen LogP contribution in [0.15, 0.2) is 47.8 Å². The summed E-state index contributed by atoms with van der Waals surface area (Å²) in [5.41, 5.74) is 2.46. The minimum atomic E-state index is 0.588. The van der Waals surface area contributed by atoms with Crippen molar-refractivity contribution in [2.75, 3.05) is 0 Å². The number of halogens is 1. The molecule has 6 heteroatoms. The molecular formula is C14H9ClN4S. The lowest BCUT2D eigenvalue weighted by atomic mass is 10.2. The van der Waals surface area contributed by atoms with Crippen molar-refractivity contribution in [2.45, 2.75) is 10.9 Å². The highest BCUT2D eigenvalue weighted by Crippen LogP contribution is 2.24. The van der Waals surface area contributed by atoms with E-state index in [-0.39, 0.29) is 0 Å². The number of benzene rings is 1. The van der Waals surface area contributed by atoms with Crippen LogP contribution in [0.5, 0.6) is 0 Å². The third kappa shape index (κ3) is 2.48. The van der Waals surface area contributed by atoms with Crippen molar-refractivity contribution in [1.29, 1.82) is 5.26 Å². The summed E-state index contributed by atoms with van der Waals surface area (Å²) in [6, 6.07) is 13.3. The highest BCUT2D eigenvalue weighted by molar-refractivity contribution is 7.98. The first-order valence-electron chi connectivity index (χ1n) is 5.89. The molecule has 0 radical (unpaired) electrons. The number of aromatic nitrogens is 3. The molecular weight excluding hydrogens is 292 g/mol. The third-order valence-electron chi connectivity index (χ3n) is 2.81. The second-order valence-corrected chi connectivity index (χ2v) is 5.48. The van der Waals surface area contributed by atoms with Gasteiger partial charge in [0.15, 0.2) is 10.8 Å². The van der Waals surface area contributed by atoms with Crippen LogP contribution >= 0.6 is 23.4 Å². The van der Waals surface area contributed by atoms with E-state index in [1.165, 1.54) is 0 Å². The molecule has 0 unspecified atom stereocenters. The molecule has 0 aliphatic rings. The van der Waals surface area contributed by atoms with E-state index < -0.39 is 0 Å². The predicted octanol–water partition coefficient (Wildman–Crippen LogP) is 3.55. The molecule has 0 amide bonds. The Balaban J connectivity index is 1.80. The van der Waals surface area contributed by atoms with Gasteiger partial charge >= 0.3 is 0 Å². The summed E-state index contributed by atoms with van der Waals surface area (Å²) in [4.78, 5) is 0. The smallest absolute Gasteiger partial charge is 0.195 e. The Labute approximate surface area is 125 Å². The van der Waals surface area contributed by atoms with Gasteiger partial charge in [0.1, 0.15) is 0 Å². The Bertz CT molecular complexity index is 789. The van der Waals surface area contributed by atoms with E-state index in [4.69, 9.17) is 16.9 Å². The second kappa shape index (κ2) is 5.53. The van der Waals surface area contributed by atoms with Gasteiger partial charge < -0.3 is 0 Å². The highest BCUT2D eigenvalue weighted by atomic mass is 35.5. The third-order valence-corrected chi connectivity index (χ3v) is 4.12. The SMILES string of the molecule is N#Cc1ccc(CSc2nnc3c(Cl)cccn23)cc1. The molecule has 1 aromatic carbocycles. The van der Waals surface area contributed by atoms with Crippen molar-refractivity contribution in [3.8, 4) is 6.07 Å². The summed E-state index contributed by atoms with van der Waals surface area (Å²) in [5.74, 6) is 0.763. The van der Waals surface area contributed by atoms with Gasteiger partial charge in [0, 0.05) is 11.9 Å². The maximum absolute atomic E-state index is 8.76. The van der Waals surface area contributed by atoms with E-state index in [1.807, 2.05) is 40.9 Å². The van der Waals surface area contributed by atoms with Crippen molar-refractivity contribution >= 4 is 29.0 Å². The number of fused-ring (bicyclic) bond motifs is 1.